The van der Waals surface area contributed by atoms with Crippen molar-refractivity contribution in [2.75, 3.05) is 11.4 Å². The first-order valence-electron chi connectivity index (χ1n) is 4.92. The summed E-state index contributed by atoms with van der Waals surface area (Å²) in [6, 6.07) is 3.90. The third kappa shape index (κ3) is 3.23. The highest BCUT2D eigenvalue weighted by Gasteiger charge is 2.14. The summed E-state index contributed by atoms with van der Waals surface area (Å²) >= 11 is 0. The van der Waals surface area contributed by atoms with E-state index in [9.17, 15) is 4.79 Å². The number of anilines is 1. The van der Waals surface area contributed by atoms with Gasteiger partial charge in [-0.05, 0) is 38.5 Å². The van der Waals surface area contributed by atoms with Gasteiger partial charge in [0.2, 0.25) is 0 Å². The Hall–Kier alpha value is -1.58. The van der Waals surface area contributed by atoms with E-state index in [-0.39, 0.29) is 12.6 Å². The first kappa shape index (κ1) is 11.5. The molecule has 1 aromatic heterocycles. The molecule has 0 aliphatic heterocycles. The lowest BCUT2D eigenvalue weighted by molar-refractivity contribution is -0.135. The molecule has 0 aliphatic rings. The largest absolute Gasteiger partial charge is 0.480 e. The highest BCUT2D eigenvalue weighted by Crippen LogP contribution is 2.14. The first-order valence-corrected chi connectivity index (χ1v) is 4.92. The molecule has 1 N–H and O–H groups in total. The molecular formula is C11H16N2O2. The number of nitrogens with zero attached hydrogens (tertiary/aromatic N) is 2. The fourth-order valence-corrected chi connectivity index (χ4v) is 1.35. The quantitative estimate of drug-likeness (QED) is 0.818. The fourth-order valence-electron chi connectivity index (χ4n) is 1.35. The van der Waals surface area contributed by atoms with Gasteiger partial charge in [-0.1, -0.05) is 0 Å². The van der Waals surface area contributed by atoms with E-state index in [0.29, 0.717) is 5.82 Å². The van der Waals surface area contributed by atoms with Gasteiger partial charge in [-0.25, -0.2) is 4.98 Å². The second kappa shape index (κ2) is 4.77. The summed E-state index contributed by atoms with van der Waals surface area (Å²) in [6.07, 6.45) is 1.70. The summed E-state index contributed by atoms with van der Waals surface area (Å²) in [5.41, 5.74) is 1.08. The van der Waals surface area contributed by atoms with Crippen molar-refractivity contribution in [3.63, 3.8) is 0 Å². The Labute approximate surface area is 89.6 Å². The van der Waals surface area contributed by atoms with E-state index in [1.165, 1.54) is 0 Å². The number of aliphatic carboxylic acids is 1. The SMILES string of the molecule is Cc1ccnc(N(CC(=O)O)C(C)C)c1. The number of rotatable bonds is 4. The van der Waals surface area contributed by atoms with Crippen LogP contribution in [0, 0.1) is 6.92 Å². The van der Waals surface area contributed by atoms with Gasteiger partial charge in [0.05, 0.1) is 0 Å². The van der Waals surface area contributed by atoms with Gasteiger partial charge in [0.1, 0.15) is 12.4 Å². The Bertz CT molecular complexity index is 350. The zero-order valence-corrected chi connectivity index (χ0v) is 9.27. The third-order valence-corrected chi connectivity index (χ3v) is 2.12. The molecule has 1 aromatic rings. The molecular weight excluding hydrogens is 192 g/mol. The molecule has 0 aromatic carbocycles. The van der Waals surface area contributed by atoms with E-state index in [1.54, 1.807) is 11.1 Å². The Balaban J connectivity index is 2.93. The van der Waals surface area contributed by atoms with Gasteiger partial charge >= 0.3 is 5.97 Å². The van der Waals surface area contributed by atoms with Crippen LogP contribution in [0.15, 0.2) is 18.3 Å². The maximum Gasteiger partial charge on any atom is 0.323 e. The van der Waals surface area contributed by atoms with Crippen molar-refractivity contribution in [1.82, 2.24) is 4.98 Å². The first-order chi connectivity index (χ1) is 7.00. The van der Waals surface area contributed by atoms with Gasteiger partial charge in [0.25, 0.3) is 0 Å². The summed E-state index contributed by atoms with van der Waals surface area (Å²) in [5.74, 6) is -0.126. The van der Waals surface area contributed by atoms with Gasteiger partial charge in [-0.3, -0.25) is 4.79 Å². The van der Waals surface area contributed by atoms with Gasteiger partial charge in [0, 0.05) is 12.2 Å². The molecule has 0 radical (unpaired) electrons. The molecule has 0 bridgehead atoms. The Kier molecular flexibility index (Phi) is 3.66. The second-order valence-electron chi connectivity index (χ2n) is 3.81. The molecule has 0 saturated carbocycles. The molecule has 0 unspecified atom stereocenters. The van der Waals surface area contributed by atoms with Gasteiger partial charge < -0.3 is 10.0 Å². The molecule has 0 saturated heterocycles. The summed E-state index contributed by atoms with van der Waals surface area (Å²) in [4.78, 5) is 16.6. The van der Waals surface area contributed by atoms with E-state index in [0.717, 1.165) is 5.56 Å². The molecule has 82 valence electrons. The van der Waals surface area contributed by atoms with Crippen molar-refractivity contribution in [3.8, 4) is 0 Å². The zero-order chi connectivity index (χ0) is 11.4. The highest BCUT2D eigenvalue weighted by atomic mass is 16.4. The van der Waals surface area contributed by atoms with Crippen LogP contribution in [-0.2, 0) is 4.79 Å². The minimum absolute atomic E-state index is 0.0197. The van der Waals surface area contributed by atoms with Gasteiger partial charge in [-0.2, -0.15) is 0 Å². The number of hydrogen-bond acceptors (Lipinski definition) is 3. The van der Waals surface area contributed by atoms with E-state index in [1.807, 2.05) is 32.9 Å². The molecule has 4 nitrogen and oxygen atoms in total. The van der Waals surface area contributed by atoms with Crippen LogP contribution in [0.2, 0.25) is 0 Å². The molecule has 0 atom stereocenters. The average Bonchev–Trinajstić information content (AvgIpc) is 2.13. The summed E-state index contributed by atoms with van der Waals surface area (Å²) < 4.78 is 0. The maximum atomic E-state index is 10.7. The van der Waals surface area contributed by atoms with Crippen LogP contribution < -0.4 is 4.90 Å². The Morgan fingerprint density at radius 3 is 2.73 bits per heavy atom. The lowest BCUT2D eigenvalue weighted by atomic mass is 10.2. The van der Waals surface area contributed by atoms with Crippen LogP contribution >= 0.6 is 0 Å². The van der Waals surface area contributed by atoms with Crippen LogP contribution in [0.5, 0.6) is 0 Å². The third-order valence-electron chi connectivity index (χ3n) is 2.12. The van der Waals surface area contributed by atoms with Crippen molar-refractivity contribution >= 4 is 11.8 Å². The standard InChI is InChI=1S/C11H16N2O2/c1-8(2)13(7-11(14)15)10-6-9(3)4-5-12-10/h4-6,8H,7H2,1-3H3,(H,14,15). The van der Waals surface area contributed by atoms with E-state index in [4.69, 9.17) is 5.11 Å². The summed E-state index contributed by atoms with van der Waals surface area (Å²) in [5, 5.41) is 8.79. The van der Waals surface area contributed by atoms with Gasteiger partial charge in [-0.15, -0.1) is 0 Å². The molecule has 0 fully saturated rings. The van der Waals surface area contributed by atoms with Crippen molar-refractivity contribution in [2.24, 2.45) is 0 Å². The number of carboxylic acids is 1. The van der Waals surface area contributed by atoms with Crippen LogP contribution in [0.3, 0.4) is 0 Å². The van der Waals surface area contributed by atoms with E-state index in [2.05, 4.69) is 4.98 Å². The van der Waals surface area contributed by atoms with Gasteiger partial charge in [0.15, 0.2) is 0 Å². The molecule has 4 heteroatoms. The van der Waals surface area contributed by atoms with Crippen molar-refractivity contribution in [3.05, 3.63) is 23.9 Å². The van der Waals surface area contributed by atoms with E-state index >= 15 is 0 Å². The predicted molar refractivity (Wildman–Crippen MR) is 59.1 cm³/mol. The lowest BCUT2D eigenvalue weighted by Gasteiger charge is -2.26. The fraction of sp³-hybridized carbons (Fsp3) is 0.455. The molecule has 15 heavy (non-hydrogen) atoms. The highest BCUT2D eigenvalue weighted by molar-refractivity contribution is 5.73. The predicted octanol–water partition coefficient (Wildman–Crippen LogP) is 1.69. The van der Waals surface area contributed by atoms with Crippen molar-refractivity contribution in [1.29, 1.82) is 0 Å². The molecule has 0 spiro atoms. The van der Waals surface area contributed by atoms with Crippen molar-refractivity contribution in [2.45, 2.75) is 26.8 Å². The molecule has 0 aliphatic carbocycles. The minimum Gasteiger partial charge on any atom is -0.480 e. The van der Waals surface area contributed by atoms with E-state index < -0.39 is 5.97 Å². The van der Waals surface area contributed by atoms with Crippen LogP contribution in [-0.4, -0.2) is 28.6 Å². The minimum atomic E-state index is -0.841. The topological polar surface area (TPSA) is 53.4 Å². The molecule has 1 rings (SSSR count). The maximum absolute atomic E-state index is 10.7. The Morgan fingerprint density at radius 1 is 1.60 bits per heavy atom. The number of aromatic nitrogens is 1. The summed E-state index contributed by atoms with van der Waals surface area (Å²) in [7, 11) is 0. The monoisotopic (exact) mass is 208 g/mol. The smallest absolute Gasteiger partial charge is 0.323 e. The number of hydrogen-bond donors (Lipinski definition) is 1. The van der Waals surface area contributed by atoms with Crippen LogP contribution in [0.4, 0.5) is 5.82 Å². The van der Waals surface area contributed by atoms with Crippen LogP contribution in [0.1, 0.15) is 19.4 Å². The molecule has 1 heterocycles. The Morgan fingerprint density at radius 2 is 2.27 bits per heavy atom. The average molecular weight is 208 g/mol. The lowest BCUT2D eigenvalue weighted by Crippen LogP contribution is -2.36. The molecule has 0 amide bonds. The number of carbonyl (C=O) groups is 1. The summed E-state index contributed by atoms with van der Waals surface area (Å²) in [6.45, 7) is 5.85. The van der Waals surface area contributed by atoms with Crippen LogP contribution in [0.25, 0.3) is 0 Å². The normalized spacial score (nSPS) is 10.4. The number of carboxylic acid groups (broad SMARTS) is 1. The number of pyridine rings is 1. The number of aryl methyl sites for hydroxylation is 1. The van der Waals surface area contributed by atoms with Crippen molar-refractivity contribution < 1.29 is 9.90 Å². The second-order valence-corrected chi connectivity index (χ2v) is 3.81. The zero-order valence-electron chi connectivity index (χ0n) is 9.27.